The maximum Gasteiger partial charge on any atom is 0.213 e. The first-order valence-electron chi connectivity index (χ1n) is 7.16. The van der Waals surface area contributed by atoms with Crippen LogP contribution in [0.2, 0.25) is 0 Å². The zero-order chi connectivity index (χ0) is 15.1. The molecule has 4 heteroatoms. The van der Waals surface area contributed by atoms with Crippen LogP contribution >= 0.6 is 0 Å². The van der Waals surface area contributed by atoms with Crippen LogP contribution in [-0.4, -0.2) is 19.1 Å². The predicted octanol–water partition coefficient (Wildman–Crippen LogP) is 3.34. The zero-order valence-electron chi connectivity index (χ0n) is 12.8. The van der Waals surface area contributed by atoms with E-state index in [9.17, 15) is 0 Å². The first-order valence-corrected chi connectivity index (χ1v) is 7.16. The number of hydrogen-bond donors (Lipinski definition) is 1. The van der Waals surface area contributed by atoms with Crippen LogP contribution in [0.1, 0.15) is 30.6 Å². The molecule has 1 unspecified atom stereocenters. The third-order valence-corrected chi connectivity index (χ3v) is 3.42. The van der Waals surface area contributed by atoms with E-state index < -0.39 is 0 Å². The van der Waals surface area contributed by atoms with Gasteiger partial charge in [0, 0.05) is 12.1 Å². The van der Waals surface area contributed by atoms with Gasteiger partial charge in [-0.3, -0.25) is 0 Å². The SMILES string of the molecule is CCC(NC)c1ccc(OCc2cccc(OC)n2)cc1. The summed E-state index contributed by atoms with van der Waals surface area (Å²) >= 11 is 0. The van der Waals surface area contributed by atoms with Crippen LogP contribution in [0.25, 0.3) is 0 Å². The summed E-state index contributed by atoms with van der Waals surface area (Å²) < 4.78 is 10.9. The Labute approximate surface area is 126 Å². The van der Waals surface area contributed by atoms with E-state index in [1.807, 2.05) is 37.4 Å². The van der Waals surface area contributed by atoms with Gasteiger partial charge in [0.2, 0.25) is 5.88 Å². The van der Waals surface area contributed by atoms with Crippen molar-refractivity contribution in [2.75, 3.05) is 14.2 Å². The molecule has 2 rings (SSSR count). The molecule has 1 heterocycles. The number of ether oxygens (including phenoxy) is 2. The normalized spacial score (nSPS) is 12.0. The van der Waals surface area contributed by atoms with E-state index in [2.05, 4.69) is 29.4 Å². The number of methoxy groups -OCH3 is 1. The third-order valence-electron chi connectivity index (χ3n) is 3.42. The summed E-state index contributed by atoms with van der Waals surface area (Å²) in [6.07, 6.45) is 1.06. The van der Waals surface area contributed by atoms with Crippen LogP contribution in [0.4, 0.5) is 0 Å². The van der Waals surface area contributed by atoms with Gasteiger partial charge in [-0.15, -0.1) is 0 Å². The van der Waals surface area contributed by atoms with Crippen molar-refractivity contribution in [3.63, 3.8) is 0 Å². The Balaban J connectivity index is 1.97. The van der Waals surface area contributed by atoms with Gasteiger partial charge in [-0.2, -0.15) is 0 Å². The van der Waals surface area contributed by atoms with E-state index in [-0.39, 0.29) is 0 Å². The average Bonchev–Trinajstić information content (AvgIpc) is 2.55. The lowest BCUT2D eigenvalue weighted by atomic mass is 10.1. The molecule has 0 saturated heterocycles. The van der Waals surface area contributed by atoms with Crippen molar-refractivity contribution >= 4 is 0 Å². The molecule has 0 spiro atoms. The molecule has 0 aliphatic heterocycles. The highest BCUT2D eigenvalue weighted by atomic mass is 16.5. The number of benzene rings is 1. The number of rotatable bonds is 7. The maximum atomic E-state index is 5.76. The van der Waals surface area contributed by atoms with Crippen LogP contribution in [0.15, 0.2) is 42.5 Å². The fourth-order valence-electron chi connectivity index (χ4n) is 2.21. The van der Waals surface area contributed by atoms with E-state index in [0.717, 1.165) is 17.9 Å². The minimum absolute atomic E-state index is 0.388. The highest BCUT2D eigenvalue weighted by Gasteiger charge is 2.06. The Morgan fingerprint density at radius 1 is 1.14 bits per heavy atom. The molecule has 1 aromatic carbocycles. The Hall–Kier alpha value is -2.07. The first-order chi connectivity index (χ1) is 10.3. The zero-order valence-corrected chi connectivity index (χ0v) is 12.8. The van der Waals surface area contributed by atoms with E-state index in [1.54, 1.807) is 7.11 Å². The number of hydrogen-bond acceptors (Lipinski definition) is 4. The number of nitrogens with zero attached hydrogens (tertiary/aromatic N) is 1. The maximum absolute atomic E-state index is 5.76. The van der Waals surface area contributed by atoms with Crippen molar-refractivity contribution in [1.82, 2.24) is 10.3 Å². The van der Waals surface area contributed by atoms with Gasteiger partial charge in [-0.05, 0) is 37.2 Å². The molecule has 1 atom stereocenters. The Morgan fingerprint density at radius 2 is 1.90 bits per heavy atom. The fraction of sp³-hybridized carbons (Fsp3) is 0.353. The lowest BCUT2D eigenvalue weighted by molar-refractivity contribution is 0.298. The van der Waals surface area contributed by atoms with Crippen LogP contribution < -0.4 is 14.8 Å². The smallest absolute Gasteiger partial charge is 0.213 e. The van der Waals surface area contributed by atoms with Gasteiger partial charge in [0.15, 0.2) is 0 Å². The molecule has 4 nitrogen and oxygen atoms in total. The van der Waals surface area contributed by atoms with E-state index in [4.69, 9.17) is 9.47 Å². The molecular weight excluding hydrogens is 264 g/mol. The molecule has 0 fully saturated rings. The first kappa shape index (κ1) is 15.3. The predicted molar refractivity (Wildman–Crippen MR) is 83.7 cm³/mol. The molecule has 0 amide bonds. The highest BCUT2D eigenvalue weighted by Crippen LogP contribution is 2.20. The van der Waals surface area contributed by atoms with Crippen LogP contribution in [-0.2, 0) is 6.61 Å². The van der Waals surface area contributed by atoms with Gasteiger partial charge < -0.3 is 14.8 Å². The molecule has 0 saturated carbocycles. The van der Waals surface area contributed by atoms with Gasteiger partial charge >= 0.3 is 0 Å². The van der Waals surface area contributed by atoms with Crippen molar-refractivity contribution in [2.45, 2.75) is 26.0 Å². The lowest BCUT2D eigenvalue weighted by Gasteiger charge is -2.14. The molecule has 1 aromatic heterocycles. The average molecular weight is 286 g/mol. The largest absolute Gasteiger partial charge is 0.487 e. The van der Waals surface area contributed by atoms with E-state index in [1.165, 1.54) is 5.56 Å². The van der Waals surface area contributed by atoms with Gasteiger partial charge in [-0.1, -0.05) is 25.1 Å². The summed E-state index contributed by atoms with van der Waals surface area (Å²) in [6.45, 7) is 2.60. The van der Waals surface area contributed by atoms with Crippen molar-refractivity contribution in [3.8, 4) is 11.6 Å². The number of pyridine rings is 1. The van der Waals surface area contributed by atoms with Gasteiger partial charge in [0.05, 0.1) is 12.8 Å². The van der Waals surface area contributed by atoms with Crippen molar-refractivity contribution in [3.05, 3.63) is 53.7 Å². The van der Waals surface area contributed by atoms with Crippen molar-refractivity contribution in [1.29, 1.82) is 0 Å². The van der Waals surface area contributed by atoms with E-state index in [0.29, 0.717) is 18.5 Å². The monoisotopic (exact) mass is 286 g/mol. The second kappa shape index (κ2) is 7.64. The Kier molecular flexibility index (Phi) is 5.58. The van der Waals surface area contributed by atoms with E-state index >= 15 is 0 Å². The Morgan fingerprint density at radius 3 is 2.52 bits per heavy atom. The quantitative estimate of drug-likeness (QED) is 0.847. The van der Waals surface area contributed by atoms with Crippen LogP contribution in [0, 0.1) is 0 Å². The minimum Gasteiger partial charge on any atom is -0.487 e. The summed E-state index contributed by atoms with van der Waals surface area (Å²) in [6, 6.07) is 14.2. The van der Waals surface area contributed by atoms with Gasteiger partial charge in [-0.25, -0.2) is 4.98 Å². The minimum atomic E-state index is 0.388. The summed E-state index contributed by atoms with van der Waals surface area (Å²) in [5, 5.41) is 3.29. The van der Waals surface area contributed by atoms with Crippen LogP contribution in [0.3, 0.4) is 0 Å². The fourth-order valence-corrected chi connectivity index (χ4v) is 2.21. The number of nitrogens with one attached hydrogen (secondary N) is 1. The van der Waals surface area contributed by atoms with Crippen molar-refractivity contribution in [2.24, 2.45) is 0 Å². The summed E-state index contributed by atoms with van der Waals surface area (Å²) in [7, 11) is 3.59. The Bertz CT molecular complexity index is 551. The molecule has 0 aliphatic rings. The van der Waals surface area contributed by atoms with Crippen LogP contribution in [0.5, 0.6) is 11.6 Å². The number of aromatic nitrogens is 1. The summed E-state index contributed by atoms with van der Waals surface area (Å²) in [5.74, 6) is 1.44. The molecule has 0 aliphatic carbocycles. The van der Waals surface area contributed by atoms with Gasteiger partial charge in [0.1, 0.15) is 12.4 Å². The standard InChI is InChI=1S/C17H22N2O2/c1-4-16(18-2)13-8-10-15(11-9-13)21-12-14-6-5-7-17(19-14)20-3/h5-11,16,18H,4,12H2,1-3H3. The summed E-state index contributed by atoms with van der Waals surface area (Å²) in [4.78, 5) is 4.32. The molecule has 2 aromatic rings. The molecular formula is C17H22N2O2. The molecule has 0 bridgehead atoms. The van der Waals surface area contributed by atoms with Crippen molar-refractivity contribution < 1.29 is 9.47 Å². The molecule has 0 radical (unpaired) electrons. The second-order valence-electron chi connectivity index (χ2n) is 4.78. The molecule has 112 valence electrons. The molecule has 21 heavy (non-hydrogen) atoms. The van der Waals surface area contributed by atoms with Gasteiger partial charge in [0.25, 0.3) is 0 Å². The topological polar surface area (TPSA) is 43.4 Å². The summed E-state index contributed by atoms with van der Waals surface area (Å²) in [5.41, 5.74) is 2.12. The highest BCUT2D eigenvalue weighted by molar-refractivity contribution is 5.29. The second-order valence-corrected chi connectivity index (χ2v) is 4.78. The lowest BCUT2D eigenvalue weighted by Crippen LogP contribution is -2.14. The molecule has 1 N–H and O–H groups in total. The third kappa shape index (κ3) is 4.20.